The second-order valence-corrected chi connectivity index (χ2v) is 4.29. The number of phenolic OH excluding ortho intramolecular Hbond substituents is 1. The first-order valence-corrected chi connectivity index (χ1v) is 5.49. The lowest BCUT2D eigenvalue weighted by molar-refractivity contribution is -0.131. The van der Waals surface area contributed by atoms with E-state index in [0.717, 1.165) is 0 Å². The Morgan fingerprint density at radius 2 is 1.71 bits per heavy atom. The molecule has 0 spiro atoms. The number of halogens is 1. The number of phenols is 1. The van der Waals surface area contributed by atoms with Crippen molar-refractivity contribution in [2.45, 2.75) is 0 Å². The minimum absolute atomic E-state index is 0.219. The number of carboxylic acids is 1. The number of rotatable bonds is 2. The monoisotopic (exact) mass is 294 g/mol. The standard InChI is InChI=1S/C12H7BrO4/c13-9-5-8(11(15)12(16)17)10(14)7-4-2-1-3-6(7)9/h1-5,14H,(H,16,17). The highest BCUT2D eigenvalue weighted by molar-refractivity contribution is 9.10. The molecule has 17 heavy (non-hydrogen) atoms. The zero-order chi connectivity index (χ0) is 12.6. The van der Waals surface area contributed by atoms with Gasteiger partial charge in [0.2, 0.25) is 0 Å². The van der Waals surface area contributed by atoms with Crippen molar-refractivity contribution in [2.24, 2.45) is 0 Å². The van der Waals surface area contributed by atoms with Crippen molar-refractivity contribution in [3.8, 4) is 5.75 Å². The largest absolute Gasteiger partial charge is 0.507 e. The van der Waals surface area contributed by atoms with Gasteiger partial charge in [0.1, 0.15) is 5.75 Å². The summed E-state index contributed by atoms with van der Waals surface area (Å²) in [5.41, 5.74) is -0.219. The summed E-state index contributed by atoms with van der Waals surface area (Å²) in [5.74, 6) is -3.03. The summed E-state index contributed by atoms with van der Waals surface area (Å²) in [6.45, 7) is 0. The van der Waals surface area contributed by atoms with Crippen LogP contribution in [0.4, 0.5) is 0 Å². The Balaban J connectivity index is 2.80. The molecular formula is C12H7BrO4. The normalized spacial score (nSPS) is 10.4. The fourth-order valence-corrected chi connectivity index (χ4v) is 2.18. The Hall–Kier alpha value is -1.88. The van der Waals surface area contributed by atoms with E-state index in [0.29, 0.717) is 15.2 Å². The summed E-state index contributed by atoms with van der Waals surface area (Å²) in [6.07, 6.45) is 0. The third-order valence-corrected chi connectivity index (χ3v) is 3.06. The highest BCUT2D eigenvalue weighted by atomic mass is 79.9. The van der Waals surface area contributed by atoms with Gasteiger partial charge in [-0.1, -0.05) is 40.2 Å². The van der Waals surface area contributed by atoms with Gasteiger partial charge >= 0.3 is 5.97 Å². The number of carboxylic acid groups (broad SMARTS) is 1. The molecule has 2 rings (SSSR count). The van der Waals surface area contributed by atoms with E-state index in [2.05, 4.69) is 15.9 Å². The Morgan fingerprint density at radius 3 is 2.29 bits per heavy atom. The molecule has 5 heteroatoms. The third-order valence-electron chi connectivity index (χ3n) is 2.40. The number of Topliss-reactive ketones (excluding diaryl/α,β-unsaturated/α-hetero) is 1. The molecule has 0 saturated carbocycles. The topological polar surface area (TPSA) is 74.6 Å². The molecule has 0 radical (unpaired) electrons. The first kappa shape index (κ1) is 11.6. The first-order chi connectivity index (χ1) is 8.02. The highest BCUT2D eigenvalue weighted by Gasteiger charge is 2.21. The van der Waals surface area contributed by atoms with Crippen LogP contribution in [-0.4, -0.2) is 22.0 Å². The summed E-state index contributed by atoms with van der Waals surface area (Å²) in [6, 6.07) is 8.17. The minimum Gasteiger partial charge on any atom is -0.507 e. The maximum Gasteiger partial charge on any atom is 0.377 e. The summed E-state index contributed by atoms with van der Waals surface area (Å²) in [5, 5.41) is 19.7. The lowest BCUT2D eigenvalue weighted by Crippen LogP contribution is -2.13. The zero-order valence-corrected chi connectivity index (χ0v) is 10.1. The van der Waals surface area contributed by atoms with Crippen LogP contribution in [0.25, 0.3) is 10.8 Å². The highest BCUT2D eigenvalue weighted by Crippen LogP contribution is 2.34. The van der Waals surface area contributed by atoms with Gasteiger partial charge in [-0.25, -0.2) is 4.79 Å². The van der Waals surface area contributed by atoms with Crippen LogP contribution < -0.4 is 0 Å². The van der Waals surface area contributed by atoms with Gasteiger partial charge in [0.15, 0.2) is 0 Å². The number of aromatic hydroxyl groups is 1. The van der Waals surface area contributed by atoms with Crippen molar-refractivity contribution < 1.29 is 19.8 Å². The average molecular weight is 295 g/mol. The predicted molar refractivity (Wildman–Crippen MR) is 65.3 cm³/mol. The zero-order valence-electron chi connectivity index (χ0n) is 8.48. The van der Waals surface area contributed by atoms with Crippen molar-refractivity contribution in [2.75, 3.05) is 0 Å². The molecule has 0 aliphatic rings. The number of carbonyl (C=O) groups excluding carboxylic acids is 1. The lowest BCUT2D eigenvalue weighted by Gasteiger charge is -2.07. The maximum atomic E-state index is 11.4. The van der Waals surface area contributed by atoms with Gasteiger partial charge in [-0.2, -0.15) is 0 Å². The molecule has 0 saturated heterocycles. The van der Waals surface area contributed by atoms with Crippen LogP contribution in [0.15, 0.2) is 34.8 Å². The average Bonchev–Trinajstić information content (AvgIpc) is 2.33. The fraction of sp³-hybridized carbons (Fsp3) is 0. The van der Waals surface area contributed by atoms with Crippen molar-refractivity contribution in [1.29, 1.82) is 0 Å². The van der Waals surface area contributed by atoms with Crippen molar-refractivity contribution in [1.82, 2.24) is 0 Å². The van der Waals surface area contributed by atoms with E-state index in [4.69, 9.17) is 5.11 Å². The molecular weight excluding hydrogens is 288 g/mol. The van der Waals surface area contributed by atoms with Gasteiger partial charge in [0.05, 0.1) is 5.56 Å². The molecule has 0 amide bonds. The van der Waals surface area contributed by atoms with Crippen LogP contribution in [-0.2, 0) is 4.79 Å². The molecule has 2 N–H and O–H groups in total. The van der Waals surface area contributed by atoms with Crippen LogP contribution in [0.1, 0.15) is 10.4 Å². The molecule has 4 nitrogen and oxygen atoms in total. The van der Waals surface area contributed by atoms with E-state index in [9.17, 15) is 14.7 Å². The van der Waals surface area contributed by atoms with Crippen LogP contribution in [0, 0.1) is 0 Å². The van der Waals surface area contributed by atoms with Crippen molar-refractivity contribution in [3.05, 3.63) is 40.4 Å². The second kappa shape index (κ2) is 4.18. The van der Waals surface area contributed by atoms with E-state index in [-0.39, 0.29) is 11.3 Å². The summed E-state index contributed by atoms with van der Waals surface area (Å²) in [4.78, 5) is 22.0. The van der Waals surface area contributed by atoms with Gasteiger partial charge in [-0.15, -0.1) is 0 Å². The van der Waals surface area contributed by atoms with Crippen LogP contribution >= 0.6 is 15.9 Å². The molecule has 0 unspecified atom stereocenters. The molecule has 0 aromatic heterocycles. The predicted octanol–water partition coefficient (Wildman–Crippen LogP) is 2.58. The fourth-order valence-electron chi connectivity index (χ4n) is 1.60. The van der Waals surface area contributed by atoms with Gasteiger partial charge in [-0.05, 0) is 11.5 Å². The number of ketones is 1. The van der Waals surface area contributed by atoms with Gasteiger partial charge < -0.3 is 10.2 Å². The second-order valence-electron chi connectivity index (χ2n) is 3.43. The van der Waals surface area contributed by atoms with Crippen molar-refractivity contribution >= 4 is 38.5 Å². The molecule has 0 aliphatic carbocycles. The van der Waals surface area contributed by atoms with Gasteiger partial charge in [0.25, 0.3) is 5.78 Å². The third kappa shape index (κ3) is 1.89. The number of fused-ring (bicyclic) bond motifs is 1. The number of carbonyl (C=O) groups is 2. The number of aliphatic carboxylic acids is 1. The van der Waals surface area contributed by atoms with E-state index >= 15 is 0 Å². The molecule has 2 aromatic carbocycles. The van der Waals surface area contributed by atoms with E-state index in [1.165, 1.54) is 6.07 Å². The smallest absolute Gasteiger partial charge is 0.377 e. The molecule has 0 bridgehead atoms. The minimum atomic E-state index is -1.59. The van der Waals surface area contributed by atoms with Crippen LogP contribution in [0.3, 0.4) is 0 Å². The van der Waals surface area contributed by atoms with Crippen LogP contribution in [0.5, 0.6) is 5.75 Å². The summed E-state index contributed by atoms with van der Waals surface area (Å²) < 4.78 is 0.565. The Labute approximate surface area is 105 Å². The lowest BCUT2D eigenvalue weighted by atomic mass is 10.0. The number of hydrogen-bond donors (Lipinski definition) is 2. The quantitative estimate of drug-likeness (QED) is 0.659. The van der Waals surface area contributed by atoms with Gasteiger partial charge in [-0.3, -0.25) is 4.79 Å². The molecule has 0 aliphatic heterocycles. The molecule has 0 heterocycles. The number of benzene rings is 2. The van der Waals surface area contributed by atoms with E-state index in [1.54, 1.807) is 24.3 Å². The Morgan fingerprint density at radius 1 is 1.12 bits per heavy atom. The molecule has 0 fully saturated rings. The van der Waals surface area contributed by atoms with Gasteiger partial charge in [0, 0.05) is 9.86 Å². The van der Waals surface area contributed by atoms with Crippen molar-refractivity contribution in [3.63, 3.8) is 0 Å². The Kier molecular flexibility index (Phi) is 2.85. The maximum absolute atomic E-state index is 11.4. The summed E-state index contributed by atoms with van der Waals surface area (Å²) >= 11 is 3.24. The molecule has 2 aromatic rings. The molecule has 86 valence electrons. The number of hydrogen-bond acceptors (Lipinski definition) is 3. The first-order valence-electron chi connectivity index (χ1n) is 4.70. The summed E-state index contributed by atoms with van der Waals surface area (Å²) in [7, 11) is 0. The molecule has 0 atom stereocenters. The Bertz CT molecular complexity index is 634. The van der Waals surface area contributed by atoms with E-state index < -0.39 is 11.8 Å². The SMILES string of the molecule is O=C(O)C(=O)c1cc(Br)c2ccccc2c1O. The van der Waals surface area contributed by atoms with E-state index in [1.807, 2.05) is 0 Å². The van der Waals surface area contributed by atoms with Crippen LogP contribution in [0.2, 0.25) is 0 Å².